The number of carboxylic acids is 1. The number of likely N-dealkylation sites (tertiary alicyclic amines) is 1. The lowest BCUT2D eigenvalue weighted by molar-refractivity contribution is -0.146. The van der Waals surface area contributed by atoms with Crippen LogP contribution in [0.1, 0.15) is 71.6 Å². The van der Waals surface area contributed by atoms with Gasteiger partial charge in [0.2, 0.25) is 11.8 Å². The lowest BCUT2D eigenvalue weighted by Crippen LogP contribution is -2.57. The highest BCUT2D eigenvalue weighted by Gasteiger charge is 2.61. The van der Waals surface area contributed by atoms with Crippen LogP contribution in [0.2, 0.25) is 0 Å². The van der Waals surface area contributed by atoms with Gasteiger partial charge >= 0.3 is 12.1 Å². The number of nitrogens with one attached hydrogen (secondary N) is 2. The Hall–Kier alpha value is -5.20. The molecule has 1 unspecified atom stereocenters. The Labute approximate surface area is 309 Å². The van der Waals surface area contributed by atoms with Crippen molar-refractivity contribution in [3.05, 3.63) is 60.3 Å². The van der Waals surface area contributed by atoms with E-state index in [1.807, 2.05) is 24.3 Å². The summed E-state index contributed by atoms with van der Waals surface area (Å²) in [6.07, 6.45) is 4.44. The first-order chi connectivity index (χ1) is 25.1. The molecule has 0 spiro atoms. The minimum Gasteiger partial charge on any atom is -0.497 e. The Bertz CT molecular complexity index is 1940. The zero-order valence-electron chi connectivity index (χ0n) is 31.2. The zero-order chi connectivity index (χ0) is 38.2. The molecule has 2 aliphatic carbocycles. The number of methoxy groups -OCH3 is 1. The molecule has 3 N–H and O–H groups in total. The van der Waals surface area contributed by atoms with E-state index in [-0.39, 0.29) is 25.3 Å². The zero-order valence-corrected chi connectivity index (χ0v) is 31.2. The number of rotatable bonds is 11. The molecule has 282 valence electrons. The minimum absolute atomic E-state index is 0.00645. The monoisotopic (exact) mass is 727 g/mol. The number of carbonyl (C=O) groups is 4. The summed E-state index contributed by atoms with van der Waals surface area (Å²) >= 11 is 0. The standard InChI is InChI=1S/C40H49N5O8/c1-8-24-20-40(24,37(48)49)44-35(46)32-18-26(21-45(32)36(47)34(22(2)3)43-38(50)53-39(4,5)6)52-33-19-31(42-30-17-25(51-7)14-15-27(30)33)29-16-13-23-11-9-10-12-28(23)41-29/h8,13-17,19,22,24,26,32,34H,1,9-12,18,20-21H2,2-7H3,(H,43,50)(H,44,46)(H,48,49)/t24-,26-,32+,34+,40?/m1/s1. The van der Waals surface area contributed by atoms with Gasteiger partial charge in [0.15, 0.2) is 0 Å². The van der Waals surface area contributed by atoms with Gasteiger partial charge in [0.25, 0.3) is 0 Å². The Kier molecular flexibility index (Phi) is 10.4. The quantitative estimate of drug-likeness (QED) is 0.223. The second-order valence-corrected chi connectivity index (χ2v) is 15.6. The predicted molar refractivity (Wildman–Crippen MR) is 198 cm³/mol. The summed E-state index contributed by atoms with van der Waals surface area (Å²) in [4.78, 5) is 64.8. The Balaban J connectivity index is 1.34. The highest BCUT2D eigenvalue weighted by atomic mass is 16.6. The third kappa shape index (κ3) is 7.93. The van der Waals surface area contributed by atoms with Crippen molar-refractivity contribution in [2.75, 3.05) is 13.7 Å². The molecule has 6 rings (SSSR count). The fraction of sp³-hybridized carbons (Fsp3) is 0.500. The number of benzene rings is 1. The third-order valence-electron chi connectivity index (χ3n) is 10.2. The number of alkyl carbamates (subject to hydrolysis) is 1. The molecule has 3 heterocycles. The molecule has 3 amide bonds. The largest absolute Gasteiger partial charge is 0.497 e. The summed E-state index contributed by atoms with van der Waals surface area (Å²) in [5.74, 6) is -2.04. The topological polar surface area (TPSA) is 169 Å². The average molecular weight is 728 g/mol. The smallest absolute Gasteiger partial charge is 0.408 e. The summed E-state index contributed by atoms with van der Waals surface area (Å²) in [6.45, 7) is 12.4. The number of carboxylic acid groups (broad SMARTS) is 1. The van der Waals surface area contributed by atoms with Gasteiger partial charge in [0, 0.05) is 35.6 Å². The molecule has 53 heavy (non-hydrogen) atoms. The van der Waals surface area contributed by atoms with Crippen molar-refractivity contribution < 1.29 is 38.5 Å². The molecule has 13 nitrogen and oxygen atoms in total. The van der Waals surface area contributed by atoms with Crippen LogP contribution in [-0.2, 0) is 32.0 Å². The molecule has 1 aliphatic heterocycles. The van der Waals surface area contributed by atoms with Crippen LogP contribution in [-0.4, -0.2) is 86.8 Å². The molecule has 3 aliphatic rings. The maximum Gasteiger partial charge on any atom is 0.408 e. The molecule has 1 aromatic carbocycles. The SMILES string of the molecule is C=C[C@@H]1CC1(NC(=O)[C@@H]1C[C@@H](Oc2cc(-c3ccc4c(n3)CCCC4)nc3cc(OC)ccc23)CN1C(=O)[C@@H](NC(=O)OC(C)(C)C)C(C)C)C(=O)O. The van der Waals surface area contributed by atoms with Crippen LogP contribution in [0.5, 0.6) is 11.5 Å². The number of aliphatic carboxylic acids is 1. The molecule has 2 aromatic heterocycles. The van der Waals surface area contributed by atoms with Crippen molar-refractivity contribution in [3.8, 4) is 22.9 Å². The number of aryl methyl sites for hydroxylation is 2. The first-order valence-corrected chi connectivity index (χ1v) is 18.2. The van der Waals surface area contributed by atoms with Gasteiger partial charge in [-0.15, -0.1) is 6.58 Å². The van der Waals surface area contributed by atoms with Gasteiger partial charge in [-0.2, -0.15) is 0 Å². The Morgan fingerprint density at radius 3 is 2.47 bits per heavy atom. The number of fused-ring (bicyclic) bond motifs is 2. The van der Waals surface area contributed by atoms with E-state index in [0.29, 0.717) is 33.8 Å². The Morgan fingerprint density at radius 2 is 1.81 bits per heavy atom. The molecule has 2 fully saturated rings. The number of amides is 3. The van der Waals surface area contributed by atoms with E-state index in [2.05, 4.69) is 23.3 Å². The number of pyridine rings is 2. The summed E-state index contributed by atoms with van der Waals surface area (Å²) in [5, 5.41) is 16.1. The normalized spacial score (nSPS) is 22.8. The van der Waals surface area contributed by atoms with Crippen LogP contribution in [0.15, 0.2) is 49.1 Å². The van der Waals surface area contributed by atoms with Gasteiger partial charge < -0.3 is 34.9 Å². The number of hydrogen-bond donors (Lipinski definition) is 3. The second-order valence-electron chi connectivity index (χ2n) is 15.6. The molecular weight excluding hydrogens is 678 g/mol. The van der Waals surface area contributed by atoms with Gasteiger partial charge in [-0.25, -0.2) is 14.6 Å². The van der Waals surface area contributed by atoms with Crippen molar-refractivity contribution >= 4 is 34.8 Å². The summed E-state index contributed by atoms with van der Waals surface area (Å²) in [6, 6.07) is 9.24. The fourth-order valence-corrected chi connectivity index (χ4v) is 7.26. The molecular formula is C40H49N5O8. The Morgan fingerprint density at radius 1 is 1.06 bits per heavy atom. The summed E-state index contributed by atoms with van der Waals surface area (Å²) in [5.41, 5.74) is 1.93. The van der Waals surface area contributed by atoms with E-state index in [4.69, 9.17) is 24.2 Å². The highest BCUT2D eigenvalue weighted by Crippen LogP contribution is 2.45. The van der Waals surface area contributed by atoms with E-state index >= 15 is 0 Å². The first kappa shape index (κ1) is 37.6. The van der Waals surface area contributed by atoms with Crippen LogP contribution in [0.4, 0.5) is 4.79 Å². The van der Waals surface area contributed by atoms with Gasteiger partial charge in [0.05, 0.1) is 30.6 Å². The first-order valence-electron chi connectivity index (χ1n) is 18.2. The van der Waals surface area contributed by atoms with Gasteiger partial charge in [-0.1, -0.05) is 26.0 Å². The van der Waals surface area contributed by atoms with Gasteiger partial charge in [-0.05, 0) is 82.6 Å². The fourth-order valence-electron chi connectivity index (χ4n) is 7.26. The van der Waals surface area contributed by atoms with E-state index < -0.39 is 59.1 Å². The molecule has 0 bridgehead atoms. The third-order valence-corrected chi connectivity index (χ3v) is 10.2. The highest BCUT2D eigenvalue weighted by molar-refractivity contribution is 5.96. The summed E-state index contributed by atoms with van der Waals surface area (Å²) < 4.78 is 17.6. The van der Waals surface area contributed by atoms with Crippen molar-refractivity contribution in [1.82, 2.24) is 25.5 Å². The van der Waals surface area contributed by atoms with E-state index in [1.165, 1.54) is 16.5 Å². The van der Waals surface area contributed by atoms with Crippen molar-refractivity contribution in [2.24, 2.45) is 11.8 Å². The lowest BCUT2D eigenvalue weighted by atomic mass is 9.95. The number of nitrogens with zero attached hydrogens (tertiary/aromatic N) is 3. The van der Waals surface area contributed by atoms with Crippen molar-refractivity contribution in [3.63, 3.8) is 0 Å². The van der Waals surface area contributed by atoms with Crippen LogP contribution in [0.25, 0.3) is 22.3 Å². The van der Waals surface area contributed by atoms with Crippen LogP contribution < -0.4 is 20.1 Å². The van der Waals surface area contributed by atoms with E-state index in [0.717, 1.165) is 31.4 Å². The summed E-state index contributed by atoms with van der Waals surface area (Å²) in [7, 11) is 1.58. The number of ether oxygens (including phenoxy) is 3. The number of hydrogen-bond acceptors (Lipinski definition) is 9. The van der Waals surface area contributed by atoms with E-state index in [1.54, 1.807) is 47.8 Å². The number of carbonyl (C=O) groups excluding carboxylic acids is 3. The van der Waals surface area contributed by atoms with Crippen molar-refractivity contribution in [1.29, 1.82) is 0 Å². The van der Waals surface area contributed by atoms with Gasteiger partial charge in [-0.3, -0.25) is 14.6 Å². The molecule has 0 radical (unpaired) electrons. The van der Waals surface area contributed by atoms with Gasteiger partial charge in [0.1, 0.15) is 40.8 Å². The second kappa shape index (κ2) is 14.7. The lowest BCUT2D eigenvalue weighted by Gasteiger charge is -2.31. The molecule has 1 saturated carbocycles. The van der Waals surface area contributed by atoms with Crippen molar-refractivity contribution in [2.45, 2.75) is 102 Å². The molecule has 13 heteroatoms. The maximum absolute atomic E-state index is 14.3. The van der Waals surface area contributed by atoms with Crippen LogP contribution >= 0.6 is 0 Å². The van der Waals surface area contributed by atoms with Crippen LogP contribution in [0, 0.1) is 11.8 Å². The van der Waals surface area contributed by atoms with Crippen LogP contribution in [0.3, 0.4) is 0 Å². The molecule has 3 aromatic rings. The predicted octanol–water partition coefficient (Wildman–Crippen LogP) is 5.23. The maximum atomic E-state index is 14.3. The molecule has 5 atom stereocenters. The molecule has 1 saturated heterocycles. The average Bonchev–Trinajstić information content (AvgIpc) is 3.68. The van der Waals surface area contributed by atoms with E-state index in [9.17, 15) is 24.3 Å². The minimum atomic E-state index is -1.50. The number of aromatic nitrogens is 2.